The van der Waals surface area contributed by atoms with E-state index in [0.717, 1.165) is 43.4 Å². The van der Waals surface area contributed by atoms with Crippen molar-refractivity contribution in [2.75, 3.05) is 0 Å². The molecule has 3 atom stereocenters. The molecule has 1 unspecified atom stereocenters. The van der Waals surface area contributed by atoms with Crippen molar-refractivity contribution in [3.63, 3.8) is 0 Å². The number of hydrogen-bond donors (Lipinski definition) is 3. The number of rotatable bonds is 3. The number of carbonyl (C=O) groups is 2. The molecular formula is C24H24ClNO6. The van der Waals surface area contributed by atoms with Crippen molar-refractivity contribution in [2.24, 2.45) is 0 Å². The summed E-state index contributed by atoms with van der Waals surface area (Å²) >= 11 is 6.02. The van der Waals surface area contributed by atoms with Gasteiger partial charge in [-0.1, -0.05) is 41.9 Å². The molecule has 168 valence electrons. The number of aliphatic hydroxyl groups is 1. The van der Waals surface area contributed by atoms with Gasteiger partial charge in [-0.25, -0.2) is 9.59 Å². The molecule has 2 bridgehead atoms. The number of halogens is 1. The van der Waals surface area contributed by atoms with E-state index in [2.05, 4.69) is 17.0 Å². The molecule has 32 heavy (non-hydrogen) atoms. The minimum Gasteiger partial charge on any atom is -0.473 e. The van der Waals surface area contributed by atoms with Crippen molar-refractivity contribution < 1.29 is 29.3 Å². The Morgan fingerprint density at radius 2 is 1.59 bits per heavy atom. The molecule has 0 saturated carbocycles. The first-order valence-corrected chi connectivity index (χ1v) is 10.8. The highest BCUT2D eigenvalue weighted by molar-refractivity contribution is 6.30. The van der Waals surface area contributed by atoms with Crippen molar-refractivity contribution in [3.8, 4) is 0 Å². The van der Waals surface area contributed by atoms with Gasteiger partial charge in [0.15, 0.2) is 0 Å². The number of fused-ring (bicyclic) bond motifs is 3. The molecule has 1 aromatic heterocycles. The molecule has 0 amide bonds. The fourth-order valence-electron chi connectivity index (χ4n) is 4.92. The summed E-state index contributed by atoms with van der Waals surface area (Å²) in [7, 11) is 0. The maximum Gasteiger partial charge on any atom is 0.414 e. The highest BCUT2D eigenvalue weighted by atomic mass is 35.5. The SMILES string of the molecule is O=C(O)C(=O)O.OC1(c2ccc(Cl)cc2)C[C@H]2CC[C@@H](C1)N2Cc1coc2ccccc12. The van der Waals surface area contributed by atoms with Gasteiger partial charge in [-0.2, -0.15) is 0 Å². The van der Waals surface area contributed by atoms with Gasteiger partial charge in [0.05, 0.1) is 11.9 Å². The van der Waals surface area contributed by atoms with E-state index in [-0.39, 0.29) is 0 Å². The summed E-state index contributed by atoms with van der Waals surface area (Å²) < 4.78 is 5.71. The Morgan fingerprint density at radius 3 is 2.19 bits per heavy atom. The second kappa shape index (κ2) is 8.94. The maximum absolute atomic E-state index is 11.3. The van der Waals surface area contributed by atoms with Crippen LogP contribution in [0.2, 0.25) is 5.02 Å². The number of carboxylic acid groups (broad SMARTS) is 2. The number of hydrogen-bond acceptors (Lipinski definition) is 5. The summed E-state index contributed by atoms with van der Waals surface area (Å²) in [5.74, 6) is -3.65. The first-order valence-electron chi connectivity index (χ1n) is 10.4. The topological polar surface area (TPSA) is 111 Å². The molecular weight excluding hydrogens is 434 g/mol. The summed E-state index contributed by atoms with van der Waals surface area (Å²) in [4.78, 5) is 20.8. The van der Waals surface area contributed by atoms with Crippen molar-refractivity contribution in [1.29, 1.82) is 0 Å². The molecule has 0 radical (unpaired) electrons. The summed E-state index contributed by atoms with van der Waals surface area (Å²) in [6, 6.07) is 16.7. The monoisotopic (exact) mass is 457 g/mol. The second-order valence-corrected chi connectivity index (χ2v) is 8.81. The molecule has 2 saturated heterocycles. The number of carboxylic acids is 2. The van der Waals surface area contributed by atoms with E-state index in [0.29, 0.717) is 17.1 Å². The standard InChI is InChI=1S/C22H22ClNO2.C2H2O4/c23-17-7-5-16(6-8-17)22(25)11-18-9-10-19(12-22)24(18)13-15-14-26-21-4-2-1-3-20(15)21;3-1(4)2(5)6/h1-8,14,18-19,25H,9-13H2;(H,3,4)(H,5,6)/t18-,19+,22?;. The van der Waals surface area contributed by atoms with Gasteiger partial charge in [-0.15, -0.1) is 0 Å². The number of benzene rings is 2. The van der Waals surface area contributed by atoms with Crippen LogP contribution in [0.25, 0.3) is 11.0 Å². The molecule has 0 aliphatic carbocycles. The summed E-state index contributed by atoms with van der Waals surface area (Å²) in [6.45, 7) is 0.892. The van der Waals surface area contributed by atoms with Crippen LogP contribution in [-0.2, 0) is 21.7 Å². The average Bonchev–Trinajstić information content (AvgIpc) is 3.28. The molecule has 7 nitrogen and oxygen atoms in total. The van der Waals surface area contributed by atoms with E-state index >= 15 is 0 Å². The van der Waals surface area contributed by atoms with Crippen LogP contribution in [0.15, 0.2) is 59.2 Å². The number of aliphatic carboxylic acids is 2. The third kappa shape index (κ3) is 4.50. The largest absolute Gasteiger partial charge is 0.473 e. The number of para-hydroxylation sites is 1. The van der Waals surface area contributed by atoms with Crippen LogP contribution in [0.4, 0.5) is 0 Å². The Hall–Kier alpha value is -2.87. The lowest BCUT2D eigenvalue weighted by Gasteiger charge is -2.44. The molecule has 2 fully saturated rings. The molecule has 8 heteroatoms. The van der Waals surface area contributed by atoms with Gasteiger partial charge < -0.3 is 19.7 Å². The first kappa shape index (κ1) is 22.3. The van der Waals surface area contributed by atoms with E-state index in [9.17, 15) is 5.11 Å². The van der Waals surface area contributed by atoms with Gasteiger partial charge in [0.1, 0.15) is 5.58 Å². The van der Waals surface area contributed by atoms with Crippen molar-refractivity contribution in [1.82, 2.24) is 4.90 Å². The lowest BCUT2D eigenvalue weighted by atomic mass is 9.80. The Kier molecular flexibility index (Phi) is 6.24. The number of piperidine rings is 1. The Bertz CT molecular complexity index is 1100. The summed E-state index contributed by atoms with van der Waals surface area (Å²) in [6.07, 6.45) is 5.75. The lowest BCUT2D eigenvalue weighted by Crippen LogP contribution is -2.49. The van der Waals surface area contributed by atoms with Crippen LogP contribution in [0.1, 0.15) is 36.8 Å². The predicted molar refractivity (Wildman–Crippen MR) is 118 cm³/mol. The van der Waals surface area contributed by atoms with Crippen molar-refractivity contribution in [3.05, 3.63) is 70.9 Å². The third-order valence-corrected chi connectivity index (χ3v) is 6.65. The van der Waals surface area contributed by atoms with Crippen LogP contribution < -0.4 is 0 Å². The molecule has 2 aliphatic heterocycles. The van der Waals surface area contributed by atoms with Crippen LogP contribution in [0.3, 0.4) is 0 Å². The Balaban J connectivity index is 0.000000363. The Morgan fingerprint density at radius 1 is 1.00 bits per heavy atom. The molecule has 3 heterocycles. The quantitative estimate of drug-likeness (QED) is 0.504. The van der Waals surface area contributed by atoms with Crippen molar-refractivity contribution >= 4 is 34.5 Å². The smallest absolute Gasteiger partial charge is 0.414 e. The van der Waals surface area contributed by atoms with E-state index in [1.807, 2.05) is 42.7 Å². The van der Waals surface area contributed by atoms with Gasteiger partial charge in [0, 0.05) is 34.6 Å². The van der Waals surface area contributed by atoms with E-state index in [1.165, 1.54) is 10.9 Å². The Labute approximate surface area is 189 Å². The lowest BCUT2D eigenvalue weighted by molar-refractivity contribution is -0.159. The molecule has 2 aliphatic rings. The summed E-state index contributed by atoms with van der Waals surface area (Å²) in [5.41, 5.74) is 2.44. The van der Waals surface area contributed by atoms with Crippen molar-refractivity contribution in [2.45, 2.75) is 49.9 Å². The average molecular weight is 458 g/mol. The minimum absolute atomic E-state index is 0.406. The zero-order valence-electron chi connectivity index (χ0n) is 17.3. The van der Waals surface area contributed by atoms with Gasteiger partial charge >= 0.3 is 11.9 Å². The van der Waals surface area contributed by atoms with Gasteiger partial charge in [-0.05, 0) is 49.4 Å². The number of nitrogens with zero attached hydrogens (tertiary/aromatic N) is 1. The molecule has 3 aromatic rings. The van der Waals surface area contributed by atoms with Gasteiger partial charge in [0.25, 0.3) is 0 Å². The molecule has 5 rings (SSSR count). The molecule has 2 aromatic carbocycles. The van der Waals surface area contributed by atoms with E-state index in [4.69, 9.17) is 35.8 Å². The summed E-state index contributed by atoms with van der Waals surface area (Å²) in [5, 5.41) is 28.0. The molecule has 0 spiro atoms. The van der Waals surface area contributed by atoms with Crippen LogP contribution in [-0.4, -0.2) is 44.2 Å². The van der Waals surface area contributed by atoms with E-state index < -0.39 is 17.5 Å². The van der Waals surface area contributed by atoms with Crippen LogP contribution in [0.5, 0.6) is 0 Å². The highest BCUT2D eigenvalue weighted by Gasteiger charge is 2.48. The molecule has 3 N–H and O–H groups in total. The van der Waals surface area contributed by atoms with E-state index in [1.54, 1.807) is 0 Å². The van der Waals surface area contributed by atoms with Crippen LogP contribution >= 0.6 is 11.6 Å². The minimum atomic E-state index is -1.82. The van der Waals surface area contributed by atoms with Crippen LogP contribution in [0, 0.1) is 0 Å². The highest BCUT2D eigenvalue weighted by Crippen LogP contribution is 2.46. The first-order chi connectivity index (χ1) is 15.3. The maximum atomic E-state index is 11.3. The number of furan rings is 1. The fraction of sp³-hybridized carbons (Fsp3) is 0.333. The normalized spacial score (nSPS) is 24.7. The zero-order valence-corrected chi connectivity index (χ0v) is 18.0. The van der Waals surface area contributed by atoms with Gasteiger partial charge in [-0.3, -0.25) is 4.90 Å². The zero-order chi connectivity index (χ0) is 22.9. The van der Waals surface area contributed by atoms with Gasteiger partial charge in [0.2, 0.25) is 0 Å². The second-order valence-electron chi connectivity index (χ2n) is 8.37. The fourth-order valence-corrected chi connectivity index (χ4v) is 5.05. The third-order valence-electron chi connectivity index (χ3n) is 6.40. The predicted octanol–water partition coefficient (Wildman–Crippen LogP) is 4.26.